The number of piperidine rings is 1. The summed E-state index contributed by atoms with van der Waals surface area (Å²) in [7, 11) is 1.65. The zero-order valence-corrected chi connectivity index (χ0v) is 21.2. The summed E-state index contributed by atoms with van der Waals surface area (Å²) in [5.41, 5.74) is -1.22. The average molecular weight is 553 g/mol. The fourth-order valence-corrected chi connectivity index (χ4v) is 4.84. The Morgan fingerprint density at radius 1 is 1.03 bits per heavy atom. The standard InChI is InChI=1S/C26H31F3N4O5.CH4/c1-37-21-4-2-3-19(17-21)31-15-13-30(14-16-31)10-9-25(34)32-11-7-20(8-12-32)38-22-5-6-24(33(35)36)23(18-22)26(27,28)29;/h2-6,17-18,20H,7-16H2,1H3;1H4. The predicted octanol–water partition coefficient (Wildman–Crippen LogP) is 4.84. The van der Waals surface area contributed by atoms with Crippen molar-refractivity contribution in [3.8, 4) is 11.5 Å². The highest BCUT2D eigenvalue weighted by atomic mass is 19.4. The highest BCUT2D eigenvalue weighted by Gasteiger charge is 2.39. The number of nitro benzene ring substituents is 1. The number of carbonyl (C=O) groups excluding carboxylic acids is 1. The second-order valence-corrected chi connectivity index (χ2v) is 9.41. The molecule has 0 N–H and O–H groups in total. The van der Waals surface area contributed by atoms with Crippen molar-refractivity contribution in [1.82, 2.24) is 9.80 Å². The maximum Gasteiger partial charge on any atom is 0.423 e. The zero-order chi connectivity index (χ0) is 27.3. The Kier molecular flexibility index (Phi) is 10.0. The van der Waals surface area contributed by atoms with Crippen molar-refractivity contribution in [2.75, 3.05) is 57.8 Å². The number of anilines is 1. The first-order chi connectivity index (χ1) is 18.1. The molecule has 0 radical (unpaired) electrons. The molecule has 2 aromatic rings. The quantitative estimate of drug-likeness (QED) is 0.342. The first-order valence-corrected chi connectivity index (χ1v) is 12.6. The van der Waals surface area contributed by atoms with Crippen molar-refractivity contribution < 1.29 is 32.4 Å². The van der Waals surface area contributed by atoms with E-state index in [0.717, 1.165) is 43.7 Å². The molecule has 0 saturated carbocycles. The highest BCUT2D eigenvalue weighted by molar-refractivity contribution is 5.76. The molecule has 0 atom stereocenters. The Morgan fingerprint density at radius 3 is 2.33 bits per heavy atom. The van der Waals surface area contributed by atoms with Gasteiger partial charge in [0.25, 0.3) is 5.69 Å². The summed E-state index contributed by atoms with van der Waals surface area (Å²) < 4.78 is 50.7. The molecule has 2 saturated heterocycles. The SMILES string of the molecule is C.COc1cccc(N2CCN(CCC(=O)N3CCC(Oc4ccc([N+](=O)[O-])c(C(F)(F)F)c4)CC3)CC2)c1. The van der Waals surface area contributed by atoms with Crippen LogP contribution < -0.4 is 14.4 Å². The first-order valence-electron chi connectivity index (χ1n) is 12.6. The largest absolute Gasteiger partial charge is 0.497 e. The molecule has 9 nitrogen and oxygen atoms in total. The third-order valence-electron chi connectivity index (χ3n) is 7.00. The van der Waals surface area contributed by atoms with Gasteiger partial charge >= 0.3 is 6.18 Å². The molecule has 0 aromatic heterocycles. The van der Waals surface area contributed by atoms with Gasteiger partial charge in [-0.25, -0.2) is 0 Å². The minimum absolute atomic E-state index is 0. The Labute approximate surface area is 226 Å². The summed E-state index contributed by atoms with van der Waals surface area (Å²) in [4.78, 5) is 29.0. The lowest BCUT2D eigenvalue weighted by Gasteiger charge is -2.37. The first kappa shape index (κ1) is 30.0. The summed E-state index contributed by atoms with van der Waals surface area (Å²) in [6, 6.07) is 10.6. The number of hydrogen-bond acceptors (Lipinski definition) is 7. The van der Waals surface area contributed by atoms with Crippen molar-refractivity contribution in [3.05, 3.63) is 58.1 Å². The van der Waals surface area contributed by atoms with Gasteiger partial charge in [0.1, 0.15) is 23.2 Å². The molecule has 2 heterocycles. The number of amides is 1. The van der Waals surface area contributed by atoms with E-state index in [1.54, 1.807) is 12.0 Å². The number of halogens is 3. The van der Waals surface area contributed by atoms with Crippen molar-refractivity contribution in [2.45, 2.75) is 39.0 Å². The number of carbonyl (C=O) groups is 1. The second kappa shape index (κ2) is 13.0. The number of rotatable bonds is 8. The summed E-state index contributed by atoms with van der Waals surface area (Å²) in [6.45, 7) is 5.01. The Hall–Kier alpha value is -3.54. The monoisotopic (exact) mass is 552 g/mol. The van der Waals surface area contributed by atoms with Crippen LogP contribution in [0.4, 0.5) is 24.5 Å². The molecule has 0 unspecified atom stereocenters. The maximum atomic E-state index is 13.2. The lowest BCUT2D eigenvalue weighted by molar-refractivity contribution is -0.388. The fraction of sp³-hybridized carbons (Fsp3) is 0.519. The van der Waals surface area contributed by atoms with E-state index in [4.69, 9.17) is 9.47 Å². The van der Waals surface area contributed by atoms with Crippen LogP contribution in [0.15, 0.2) is 42.5 Å². The molecule has 2 aliphatic heterocycles. The topological polar surface area (TPSA) is 88.4 Å². The molecule has 2 fully saturated rings. The normalized spacial score (nSPS) is 16.9. The third kappa shape index (κ3) is 7.75. The van der Waals surface area contributed by atoms with Gasteiger partial charge in [-0.3, -0.25) is 19.8 Å². The Morgan fingerprint density at radius 2 is 1.72 bits per heavy atom. The molecule has 0 spiro atoms. The van der Waals surface area contributed by atoms with Gasteiger partial charge in [0.2, 0.25) is 5.91 Å². The minimum atomic E-state index is -4.86. The van der Waals surface area contributed by atoms with E-state index >= 15 is 0 Å². The molecule has 0 aliphatic carbocycles. The van der Waals surface area contributed by atoms with Crippen LogP contribution in [0.5, 0.6) is 11.5 Å². The van der Waals surface area contributed by atoms with E-state index < -0.39 is 22.4 Å². The van der Waals surface area contributed by atoms with Crippen molar-refractivity contribution in [3.63, 3.8) is 0 Å². The van der Waals surface area contributed by atoms with E-state index in [0.29, 0.717) is 45.0 Å². The zero-order valence-electron chi connectivity index (χ0n) is 21.2. The van der Waals surface area contributed by atoms with E-state index in [-0.39, 0.29) is 25.2 Å². The van der Waals surface area contributed by atoms with E-state index in [2.05, 4.69) is 15.9 Å². The van der Waals surface area contributed by atoms with Gasteiger partial charge in [0, 0.05) is 82.9 Å². The van der Waals surface area contributed by atoms with Gasteiger partial charge < -0.3 is 19.3 Å². The van der Waals surface area contributed by atoms with Gasteiger partial charge in [0.05, 0.1) is 12.0 Å². The molecule has 1 amide bonds. The van der Waals surface area contributed by atoms with Crippen LogP contribution in [0.1, 0.15) is 32.3 Å². The lowest BCUT2D eigenvalue weighted by Crippen LogP contribution is -2.48. The number of nitro groups is 1. The molecule has 214 valence electrons. The summed E-state index contributed by atoms with van der Waals surface area (Å²) >= 11 is 0. The third-order valence-corrected chi connectivity index (χ3v) is 7.00. The van der Waals surface area contributed by atoms with Crippen LogP contribution in [0.2, 0.25) is 0 Å². The van der Waals surface area contributed by atoms with Gasteiger partial charge in [0.15, 0.2) is 0 Å². The molecule has 12 heteroatoms. The number of ether oxygens (including phenoxy) is 2. The summed E-state index contributed by atoms with van der Waals surface area (Å²) in [5, 5.41) is 10.9. The average Bonchev–Trinajstić information content (AvgIpc) is 2.92. The maximum absolute atomic E-state index is 13.2. The fourth-order valence-electron chi connectivity index (χ4n) is 4.84. The summed E-state index contributed by atoms with van der Waals surface area (Å²) in [6.07, 6.45) is -3.88. The van der Waals surface area contributed by atoms with E-state index in [1.165, 1.54) is 6.07 Å². The van der Waals surface area contributed by atoms with Gasteiger partial charge in [-0.15, -0.1) is 0 Å². The summed E-state index contributed by atoms with van der Waals surface area (Å²) in [5.74, 6) is 0.803. The van der Waals surface area contributed by atoms with Crippen molar-refractivity contribution in [1.29, 1.82) is 0 Å². The number of piperazine rings is 1. The second-order valence-electron chi connectivity index (χ2n) is 9.41. The van der Waals surface area contributed by atoms with Gasteiger partial charge in [-0.2, -0.15) is 13.2 Å². The van der Waals surface area contributed by atoms with Gasteiger partial charge in [-0.05, 0) is 24.3 Å². The van der Waals surface area contributed by atoms with Crippen LogP contribution in [-0.4, -0.2) is 79.7 Å². The Bertz CT molecular complexity index is 1130. The molecule has 4 rings (SSSR count). The highest BCUT2D eigenvalue weighted by Crippen LogP contribution is 2.38. The number of likely N-dealkylation sites (tertiary alicyclic amines) is 1. The van der Waals surface area contributed by atoms with Crippen LogP contribution >= 0.6 is 0 Å². The molecular weight excluding hydrogens is 517 g/mol. The minimum Gasteiger partial charge on any atom is -0.497 e. The van der Waals surface area contributed by atoms with Crippen LogP contribution in [0.25, 0.3) is 0 Å². The predicted molar refractivity (Wildman–Crippen MR) is 141 cm³/mol. The number of benzene rings is 2. The number of methoxy groups -OCH3 is 1. The number of alkyl halides is 3. The van der Waals surface area contributed by atoms with Crippen LogP contribution in [0.3, 0.4) is 0 Å². The van der Waals surface area contributed by atoms with E-state index in [9.17, 15) is 28.1 Å². The van der Waals surface area contributed by atoms with Crippen molar-refractivity contribution in [2.24, 2.45) is 0 Å². The number of nitrogens with zero attached hydrogens (tertiary/aromatic N) is 4. The van der Waals surface area contributed by atoms with Crippen LogP contribution in [-0.2, 0) is 11.0 Å². The molecule has 0 bridgehead atoms. The molecule has 2 aromatic carbocycles. The molecule has 2 aliphatic rings. The van der Waals surface area contributed by atoms with Crippen LogP contribution in [0, 0.1) is 10.1 Å². The smallest absolute Gasteiger partial charge is 0.423 e. The number of hydrogen-bond donors (Lipinski definition) is 0. The Balaban J connectivity index is 0.00000420. The van der Waals surface area contributed by atoms with Crippen molar-refractivity contribution >= 4 is 17.3 Å². The van der Waals surface area contributed by atoms with E-state index in [1.807, 2.05) is 18.2 Å². The van der Waals surface area contributed by atoms with Gasteiger partial charge in [-0.1, -0.05) is 13.5 Å². The lowest BCUT2D eigenvalue weighted by atomic mass is 10.1. The molecular formula is C27H35F3N4O5. The molecule has 39 heavy (non-hydrogen) atoms.